The number of benzene rings is 3. The van der Waals surface area contributed by atoms with E-state index in [1.807, 2.05) is 13.0 Å². The van der Waals surface area contributed by atoms with Gasteiger partial charge < -0.3 is 9.73 Å². The van der Waals surface area contributed by atoms with E-state index in [-0.39, 0.29) is 11.3 Å². The third-order valence-electron chi connectivity index (χ3n) is 4.46. The summed E-state index contributed by atoms with van der Waals surface area (Å²) in [5.41, 5.74) is 2.90. The minimum absolute atomic E-state index is 0.157. The van der Waals surface area contributed by atoms with Gasteiger partial charge in [-0.25, -0.2) is 4.98 Å². The van der Waals surface area contributed by atoms with Crippen molar-refractivity contribution in [2.75, 3.05) is 5.32 Å². The van der Waals surface area contributed by atoms with Crippen molar-refractivity contribution in [3.05, 3.63) is 85.9 Å². The van der Waals surface area contributed by atoms with Crippen molar-refractivity contribution in [1.82, 2.24) is 4.98 Å². The van der Waals surface area contributed by atoms with E-state index in [2.05, 4.69) is 10.3 Å². The van der Waals surface area contributed by atoms with E-state index in [1.54, 1.807) is 24.3 Å². The zero-order valence-electron chi connectivity index (χ0n) is 15.5. The van der Waals surface area contributed by atoms with E-state index in [4.69, 9.17) is 27.6 Å². The average Bonchev–Trinajstić information content (AvgIpc) is 3.14. The number of carbonyl (C=O) groups is 1. The van der Waals surface area contributed by atoms with Gasteiger partial charge in [-0.2, -0.15) is 0 Å². The number of nitrogens with one attached hydrogen (secondary N) is 1. The van der Waals surface area contributed by atoms with Crippen molar-refractivity contribution in [2.45, 2.75) is 6.92 Å². The number of anilines is 1. The predicted octanol–water partition coefficient (Wildman–Crippen LogP) is 6.27. The zero-order valence-corrected chi connectivity index (χ0v) is 17.0. The molecule has 9 heteroatoms. The lowest BCUT2D eigenvalue weighted by atomic mass is 10.1. The van der Waals surface area contributed by atoms with E-state index in [0.29, 0.717) is 38.3 Å². The molecule has 1 heterocycles. The standard InChI is InChI=1S/C21H13Cl2N3O4/c1-11-5-6-13(21-25-18-10-14(22)9-16(23)19(18)30-21)8-17(11)24-20(27)12-3-2-4-15(7-12)26(28)29/h2-10H,1H3,(H,24,27). The van der Waals surface area contributed by atoms with Gasteiger partial charge in [0.1, 0.15) is 5.52 Å². The summed E-state index contributed by atoms with van der Waals surface area (Å²) in [6.45, 7) is 1.83. The Morgan fingerprint density at radius 2 is 1.93 bits per heavy atom. The molecule has 0 fully saturated rings. The van der Waals surface area contributed by atoms with Crippen LogP contribution in [0.25, 0.3) is 22.6 Å². The Bertz CT molecular complexity index is 1320. The second-order valence-corrected chi connectivity index (χ2v) is 7.39. The lowest BCUT2D eigenvalue weighted by Gasteiger charge is -2.09. The van der Waals surface area contributed by atoms with Crippen LogP contribution in [-0.2, 0) is 0 Å². The smallest absolute Gasteiger partial charge is 0.270 e. The molecule has 0 atom stereocenters. The Morgan fingerprint density at radius 3 is 2.70 bits per heavy atom. The molecule has 0 aliphatic heterocycles. The Labute approximate surface area is 180 Å². The van der Waals surface area contributed by atoms with Gasteiger partial charge in [0.05, 0.1) is 9.95 Å². The molecule has 0 spiro atoms. The van der Waals surface area contributed by atoms with Crippen LogP contribution in [0, 0.1) is 17.0 Å². The molecule has 4 rings (SSSR count). The number of aryl methyl sites for hydroxylation is 1. The van der Waals surface area contributed by atoms with Crippen LogP contribution < -0.4 is 5.32 Å². The van der Waals surface area contributed by atoms with Gasteiger partial charge in [-0.05, 0) is 42.8 Å². The van der Waals surface area contributed by atoms with Gasteiger partial charge in [-0.3, -0.25) is 14.9 Å². The number of amides is 1. The van der Waals surface area contributed by atoms with Gasteiger partial charge in [0.25, 0.3) is 11.6 Å². The Balaban J connectivity index is 1.67. The number of rotatable bonds is 4. The predicted molar refractivity (Wildman–Crippen MR) is 115 cm³/mol. The third-order valence-corrected chi connectivity index (χ3v) is 4.96. The van der Waals surface area contributed by atoms with E-state index in [1.165, 1.54) is 24.3 Å². The van der Waals surface area contributed by atoms with Gasteiger partial charge in [0.2, 0.25) is 5.89 Å². The normalized spacial score (nSPS) is 10.9. The van der Waals surface area contributed by atoms with E-state index < -0.39 is 10.8 Å². The van der Waals surface area contributed by atoms with Crippen LogP contribution >= 0.6 is 23.2 Å². The number of nitro groups is 1. The number of nitro benzene ring substituents is 1. The molecule has 0 unspecified atom stereocenters. The minimum atomic E-state index is -0.548. The molecule has 3 aromatic carbocycles. The van der Waals surface area contributed by atoms with Crippen molar-refractivity contribution >= 4 is 51.6 Å². The molecule has 150 valence electrons. The van der Waals surface area contributed by atoms with Gasteiger partial charge in [0.15, 0.2) is 5.58 Å². The van der Waals surface area contributed by atoms with Crippen molar-refractivity contribution in [1.29, 1.82) is 0 Å². The summed E-state index contributed by atoms with van der Waals surface area (Å²) in [5.74, 6) is -0.147. The summed E-state index contributed by atoms with van der Waals surface area (Å²) in [4.78, 5) is 27.4. The molecule has 1 amide bonds. The molecule has 1 N–H and O–H groups in total. The van der Waals surface area contributed by atoms with E-state index >= 15 is 0 Å². The summed E-state index contributed by atoms with van der Waals surface area (Å²) in [6.07, 6.45) is 0. The summed E-state index contributed by atoms with van der Waals surface area (Å²) >= 11 is 12.2. The van der Waals surface area contributed by atoms with Crippen LogP contribution in [0.2, 0.25) is 10.0 Å². The zero-order chi connectivity index (χ0) is 21.4. The maximum Gasteiger partial charge on any atom is 0.270 e. The second-order valence-electron chi connectivity index (χ2n) is 6.55. The number of aromatic nitrogens is 1. The maximum atomic E-state index is 12.6. The number of nitrogens with zero attached hydrogens (tertiary/aromatic N) is 2. The fraction of sp³-hybridized carbons (Fsp3) is 0.0476. The quantitative estimate of drug-likeness (QED) is 0.297. The second kappa shape index (κ2) is 7.78. The highest BCUT2D eigenvalue weighted by molar-refractivity contribution is 6.38. The van der Waals surface area contributed by atoms with Gasteiger partial charge >= 0.3 is 0 Å². The van der Waals surface area contributed by atoms with Crippen LogP contribution in [0.15, 0.2) is 59.0 Å². The third kappa shape index (κ3) is 3.85. The molecule has 7 nitrogen and oxygen atoms in total. The highest BCUT2D eigenvalue weighted by Gasteiger charge is 2.16. The number of halogens is 2. The lowest BCUT2D eigenvalue weighted by molar-refractivity contribution is -0.384. The van der Waals surface area contributed by atoms with Gasteiger partial charge in [-0.15, -0.1) is 0 Å². The number of non-ortho nitro benzene ring substituents is 1. The van der Waals surface area contributed by atoms with Crippen LogP contribution in [0.5, 0.6) is 0 Å². The van der Waals surface area contributed by atoms with Crippen LogP contribution in [0.1, 0.15) is 15.9 Å². The first-order valence-corrected chi connectivity index (χ1v) is 9.50. The molecule has 0 bridgehead atoms. The van der Waals surface area contributed by atoms with Crippen LogP contribution in [-0.4, -0.2) is 15.8 Å². The summed E-state index contributed by atoms with van der Waals surface area (Å²) in [5, 5.41) is 14.5. The van der Waals surface area contributed by atoms with Crippen molar-refractivity contribution in [3.8, 4) is 11.5 Å². The van der Waals surface area contributed by atoms with Crippen LogP contribution in [0.4, 0.5) is 11.4 Å². The van der Waals surface area contributed by atoms with Gasteiger partial charge in [-0.1, -0.05) is 35.3 Å². The lowest BCUT2D eigenvalue weighted by Crippen LogP contribution is -2.13. The van der Waals surface area contributed by atoms with E-state index in [9.17, 15) is 14.9 Å². The first-order chi connectivity index (χ1) is 14.3. The molecule has 0 radical (unpaired) electrons. The van der Waals surface area contributed by atoms with E-state index in [0.717, 1.165) is 5.56 Å². The fourth-order valence-electron chi connectivity index (χ4n) is 2.93. The molecule has 1 aromatic heterocycles. The topological polar surface area (TPSA) is 98.3 Å². The molecule has 30 heavy (non-hydrogen) atoms. The summed E-state index contributed by atoms with van der Waals surface area (Å²) in [6, 6.07) is 14.1. The first kappa shape index (κ1) is 19.9. The highest BCUT2D eigenvalue weighted by atomic mass is 35.5. The molecular weight excluding hydrogens is 429 g/mol. The Morgan fingerprint density at radius 1 is 1.13 bits per heavy atom. The monoisotopic (exact) mass is 441 g/mol. The highest BCUT2D eigenvalue weighted by Crippen LogP contribution is 2.33. The number of fused-ring (bicyclic) bond motifs is 1. The molecule has 0 saturated carbocycles. The van der Waals surface area contributed by atoms with Crippen molar-refractivity contribution in [3.63, 3.8) is 0 Å². The summed E-state index contributed by atoms with van der Waals surface area (Å²) < 4.78 is 5.78. The number of hydrogen-bond acceptors (Lipinski definition) is 5. The largest absolute Gasteiger partial charge is 0.435 e. The average molecular weight is 442 g/mol. The molecule has 0 aliphatic rings. The molecule has 0 saturated heterocycles. The SMILES string of the molecule is Cc1ccc(-c2nc3cc(Cl)cc(Cl)c3o2)cc1NC(=O)c1cccc([N+](=O)[O-])c1. The van der Waals surface area contributed by atoms with Crippen LogP contribution in [0.3, 0.4) is 0 Å². The molecular formula is C21H13Cl2N3O4. The Hall–Kier alpha value is -3.42. The minimum Gasteiger partial charge on any atom is -0.435 e. The number of hydrogen-bond donors (Lipinski definition) is 1. The number of oxazole rings is 1. The van der Waals surface area contributed by atoms with Gasteiger partial charge in [0, 0.05) is 34.0 Å². The molecule has 0 aliphatic carbocycles. The molecule has 4 aromatic rings. The maximum absolute atomic E-state index is 12.6. The summed E-state index contributed by atoms with van der Waals surface area (Å²) in [7, 11) is 0. The Kier molecular flexibility index (Phi) is 5.15. The fourth-order valence-corrected chi connectivity index (χ4v) is 3.45. The number of carbonyl (C=O) groups excluding carboxylic acids is 1. The van der Waals surface area contributed by atoms with Crippen molar-refractivity contribution in [2.24, 2.45) is 0 Å². The first-order valence-electron chi connectivity index (χ1n) is 8.74. The van der Waals surface area contributed by atoms with Crippen molar-refractivity contribution < 1.29 is 14.1 Å².